The van der Waals surface area contributed by atoms with Gasteiger partial charge in [0.25, 0.3) is 0 Å². The van der Waals surface area contributed by atoms with E-state index in [0.29, 0.717) is 5.56 Å². The summed E-state index contributed by atoms with van der Waals surface area (Å²) in [6, 6.07) is 4.22. The number of carboxylic acids is 1. The molecule has 0 radical (unpaired) electrons. The Morgan fingerprint density at radius 3 is 2.43 bits per heavy atom. The van der Waals surface area contributed by atoms with Crippen LogP contribution in [0.5, 0.6) is 0 Å². The number of nitrogens with one attached hydrogen (secondary N) is 1. The number of aryl methyl sites for hydroxylation is 1. The van der Waals surface area contributed by atoms with Gasteiger partial charge < -0.3 is 15.3 Å². The van der Waals surface area contributed by atoms with E-state index in [9.17, 15) is 18.0 Å². The maximum absolute atomic E-state index is 12.1. The van der Waals surface area contributed by atoms with E-state index in [1.807, 2.05) is 0 Å². The molecule has 0 aromatic heterocycles. The number of hydrogen-bond donors (Lipinski definition) is 2. The van der Waals surface area contributed by atoms with Gasteiger partial charge in [-0.3, -0.25) is 0 Å². The largest absolute Gasteiger partial charge is 0.478 e. The minimum absolute atomic E-state index is 0.00739. The van der Waals surface area contributed by atoms with Crippen LogP contribution in [0.3, 0.4) is 0 Å². The minimum Gasteiger partial charge on any atom is -0.478 e. The van der Waals surface area contributed by atoms with Crippen molar-refractivity contribution in [1.82, 2.24) is 4.90 Å². The molecular weight excluding hydrogens is 296 g/mol. The third-order valence-electron chi connectivity index (χ3n) is 3.37. The van der Waals surface area contributed by atoms with Crippen molar-refractivity contribution in [3.63, 3.8) is 0 Å². The summed E-state index contributed by atoms with van der Waals surface area (Å²) in [7, 11) is -3.07. The predicted molar refractivity (Wildman–Crippen MR) is 77.4 cm³/mol. The van der Waals surface area contributed by atoms with Crippen LogP contribution in [0.4, 0.5) is 10.5 Å². The van der Waals surface area contributed by atoms with E-state index < -0.39 is 21.8 Å². The van der Waals surface area contributed by atoms with Gasteiger partial charge in [-0.1, -0.05) is 12.1 Å². The van der Waals surface area contributed by atoms with E-state index in [2.05, 4.69) is 5.32 Å². The molecule has 8 heteroatoms. The van der Waals surface area contributed by atoms with Crippen LogP contribution < -0.4 is 5.32 Å². The number of para-hydroxylation sites is 1. The molecule has 0 aliphatic carbocycles. The molecule has 1 fully saturated rings. The van der Waals surface area contributed by atoms with Crippen LogP contribution in [0, 0.1) is 6.92 Å². The standard InChI is InChI=1S/C13H16N2O5S/c1-9-3-2-4-10(12(16)17)11(9)14-13(18)15-5-7-21(19,20)8-6-15/h2-4H,5-8H2,1H3,(H,14,18)(H,16,17). The number of sulfone groups is 1. The van der Waals surface area contributed by atoms with Gasteiger partial charge in [0.05, 0.1) is 22.8 Å². The molecular formula is C13H16N2O5S. The lowest BCUT2D eigenvalue weighted by molar-refractivity contribution is 0.0698. The van der Waals surface area contributed by atoms with Gasteiger partial charge >= 0.3 is 12.0 Å². The highest BCUT2D eigenvalue weighted by Crippen LogP contribution is 2.21. The van der Waals surface area contributed by atoms with Crippen molar-refractivity contribution in [2.45, 2.75) is 6.92 Å². The SMILES string of the molecule is Cc1cccc(C(=O)O)c1NC(=O)N1CCS(=O)(=O)CC1. The number of carbonyl (C=O) groups is 2. The van der Waals surface area contributed by atoms with Crippen LogP contribution in [0.1, 0.15) is 15.9 Å². The van der Waals surface area contributed by atoms with E-state index in [0.717, 1.165) is 0 Å². The van der Waals surface area contributed by atoms with E-state index in [1.54, 1.807) is 19.1 Å². The van der Waals surface area contributed by atoms with Crippen molar-refractivity contribution >= 4 is 27.5 Å². The van der Waals surface area contributed by atoms with Gasteiger partial charge in [0.15, 0.2) is 9.84 Å². The number of carbonyl (C=O) groups excluding carboxylic acids is 1. The van der Waals surface area contributed by atoms with Crippen LogP contribution in [0.25, 0.3) is 0 Å². The van der Waals surface area contributed by atoms with Gasteiger partial charge in [-0.15, -0.1) is 0 Å². The molecule has 21 heavy (non-hydrogen) atoms. The van der Waals surface area contributed by atoms with E-state index >= 15 is 0 Å². The smallest absolute Gasteiger partial charge is 0.337 e. The number of carboxylic acid groups (broad SMARTS) is 1. The molecule has 1 aromatic rings. The number of aromatic carboxylic acids is 1. The normalized spacial score (nSPS) is 17.3. The number of nitrogens with zero attached hydrogens (tertiary/aromatic N) is 1. The van der Waals surface area contributed by atoms with Gasteiger partial charge in [0.2, 0.25) is 0 Å². The maximum atomic E-state index is 12.1. The van der Waals surface area contributed by atoms with Gasteiger partial charge in [-0.25, -0.2) is 18.0 Å². The molecule has 0 bridgehead atoms. The lowest BCUT2D eigenvalue weighted by atomic mass is 10.1. The van der Waals surface area contributed by atoms with Gasteiger partial charge in [-0.05, 0) is 18.6 Å². The third-order valence-corrected chi connectivity index (χ3v) is 4.98. The van der Waals surface area contributed by atoms with Gasteiger partial charge in [-0.2, -0.15) is 0 Å². The molecule has 7 nitrogen and oxygen atoms in total. The Morgan fingerprint density at radius 1 is 1.24 bits per heavy atom. The van der Waals surface area contributed by atoms with E-state index in [-0.39, 0.29) is 35.8 Å². The topological polar surface area (TPSA) is 104 Å². The number of amides is 2. The molecule has 1 aliphatic heterocycles. The maximum Gasteiger partial charge on any atom is 0.337 e. The summed E-state index contributed by atoms with van der Waals surface area (Å²) in [6.45, 7) is 1.92. The Balaban J connectivity index is 2.16. The Bertz CT molecular complexity index is 670. The van der Waals surface area contributed by atoms with Crippen LogP contribution in [0.2, 0.25) is 0 Å². The Labute approximate surface area is 122 Å². The van der Waals surface area contributed by atoms with Crippen molar-refractivity contribution < 1.29 is 23.1 Å². The lowest BCUT2D eigenvalue weighted by Gasteiger charge is -2.27. The number of benzene rings is 1. The van der Waals surface area contributed by atoms with E-state index in [4.69, 9.17) is 5.11 Å². The lowest BCUT2D eigenvalue weighted by Crippen LogP contribution is -2.45. The average molecular weight is 312 g/mol. The zero-order valence-corrected chi connectivity index (χ0v) is 12.3. The summed E-state index contributed by atoms with van der Waals surface area (Å²) < 4.78 is 22.7. The Kier molecular flexibility index (Phi) is 4.17. The first-order valence-electron chi connectivity index (χ1n) is 6.39. The van der Waals surface area contributed by atoms with Crippen LogP contribution >= 0.6 is 0 Å². The molecule has 2 rings (SSSR count). The molecule has 0 unspecified atom stereocenters. The molecule has 1 heterocycles. The van der Waals surface area contributed by atoms with Gasteiger partial charge in [0.1, 0.15) is 0 Å². The molecule has 2 N–H and O–H groups in total. The molecule has 1 aliphatic rings. The molecule has 0 atom stereocenters. The zero-order valence-electron chi connectivity index (χ0n) is 11.5. The second-order valence-corrected chi connectivity index (χ2v) is 7.18. The molecule has 0 saturated carbocycles. The Morgan fingerprint density at radius 2 is 1.86 bits per heavy atom. The first-order chi connectivity index (χ1) is 9.80. The highest BCUT2D eigenvalue weighted by atomic mass is 32.2. The highest BCUT2D eigenvalue weighted by Gasteiger charge is 2.26. The second-order valence-electron chi connectivity index (χ2n) is 4.87. The van der Waals surface area contributed by atoms with Crippen LogP contribution in [0.15, 0.2) is 18.2 Å². The summed E-state index contributed by atoms with van der Waals surface area (Å²) >= 11 is 0. The number of anilines is 1. The summed E-state index contributed by atoms with van der Waals surface area (Å²) in [6.07, 6.45) is 0. The first-order valence-corrected chi connectivity index (χ1v) is 8.21. The number of hydrogen-bond acceptors (Lipinski definition) is 4. The fraction of sp³-hybridized carbons (Fsp3) is 0.385. The summed E-state index contributed by atoms with van der Waals surface area (Å²) in [5, 5.41) is 11.7. The van der Waals surface area contributed by atoms with Crippen molar-refractivity contribution in [2.24, 2.45) is 0 Å². The van der Waals surface area contributed by atoms with Crippen LogP contribution in [-0.4, -0.2) is 55.0 Å². The molecule has 2 amide bonds. The zero-order chi connectivity index (χ0) is 15.6. The van der Waals surface area contributed by atoms with Crippen molar-refractivity contribution in [3.05, 3.63) is 29.3 Å². The molecule has 1 saturated heterocycles. The summed E-state index contributed by atoms with van der Waals surface area (Å²) in [4.78, 5) is 24.7. The summed E-state index contributed by atoms with van der Waals surface area (Å²) in [5.74, 6) is -1.27. The molecule has 114 valence electrons. The Hall–Kier alpha value is -2.09. The molecule has 0 spiro atoms. The average Bonchev–Trinajstić information content (AvgIpc) is 2.40. The first kappa shape index (κ1) is 15.3. The second kappa shape index (κ2) is 5.72. The van der Waals surface area contributed by atoms with Crippen LogP contribution in [-0.2, 0) is 9.84 Å². The highest BCUT2D eigenvalue weighted by molar-refractivity contribution is 7.91. The summed E-state index contributed by atoms with van der Waals surface area (Å²) in [5.41, 5.74) is 0.879. The van der Waals surface area contributed by atoms with Gasteiger partial charge in [0, 0.05) is 13.1 Å². The predicted octanol–water partition coefficient (Wildman–Crippen LogP) is 0.956. The number of rotatable bonds is 2. The molecule has 1 aromatic carbocycles. The van der Waals surface area contributed by atoms with Crippen molar-refractivity contribution in [3.8, 4) is 0 Å². The fourth-order valence-electron chi connectivity index (χ4n) is 2.11. The number of urea groups is 1. The minimum atomic E-state index is -3.07. The fourth-order valence-corrected chi connectivity index (χ4v) is 3.31. The van der Waals surface area contributed by atoms with E-state index in [1.165, 1.54) is 11.0 Å². The third kappa shape index (κ3) is 3.52. The monoisotopic (exact) mass is 312 g/mol. The van der Waals surface area contributed by atoms with Crippen molar-refractivity contribution in [2.75, 3.05) is 29.9 Å². The van der Waals surface area contributed by atoms with Crippen molar-refractivity contribution in [1.29, 1.82) is 0 Å². The quantitative estimate of drug-likeness (QED) is 0.846.